The minimum absolute atomic E-state index is 0.138. The lowest BCUT2D eigenvalue weighted by Crippen LogP contribution is -2.10. The van der Waals surface area contributed by atoms with E-state index in [1.807, 2.05) is 24.3 Å². The summed E-state index contributed by atoms with van der Waals surface area (Å²) in [6, 6.07) is 7.67. The molecule has 2 aromatic heterocycles. The quantitative estimate of drug-likeness (QED) is 0.576. The summed E-state index contributed by atoms with van der Waals surface area (Å²) < 4.78 is 0. The van der Waals surface area contributed by atoms with Crippen molar-refractivity contribution in [3.8, 4) is 0 Å². The van der Waals surface area contributed by atoms with Gasteiger partial charge in [-0.15, -0.1) is 0 Å². The smallest absolute Gasteiger partial charge is 0.260 e. The summed E-state index contributed by atoms with van der Waals surface area (Å²) in [5, 5.41) is 1.44. The number of nitrogens with zero attached hydrogens (tertiary/aromatic N) is 2. The summed E-state index contributed by atoms with van der Waals surface area (Å²) in [7, 11) is 0. The van der Waals surface area contributed by atoms with Crippen LogP contribution in [0.15, 0.2) is 35.3 Å². The van der Waals surface area contributed by atoms with Gasteiger partial charge in [0.25, 0.3) is 5.56 Å². The number of fused-ring (bicyclic) bond motifs is 3. The molecule has 0 fully saturated rings. The van der Waals surface area contributed by atoms with E-state index in [1.165, 1.54) is 0 Å². The minimum atomic E-state index is -0.138. The van der Waals surface area contributed by atoms with Crippen molar-refractivity contribution in [1.29, 1.82) is 0 Å². The Labute approximate surface area is 91.0 Å². The molecule has 0 bridgehead atoms. The van der Waals surface area contributed by atoms with Crippen LogP contribution in [0.5, 0.6) is 0 Å². The number of rotatable bonds is 0. The van der Waals surface area contributed by atoms with Crippen LogP contribution in [-0.2, 0) is 0 Å². The Morgan fingerprint density at radius 1 is 1.19 bits per heavy atom. The SMILES string of the molecule is Cc1nc2c(cnc3ccccc32)c(=O)[nH]1. The highest BCUT2D eigenvalue weighted by Gasteiger charge is 2.05. The van der Waals surface area contributed by atoms with Gasteiger partial charge in [-0.05, 0) is 13.0 Å². The number of H-pyrrole nitrogens is 1. The monoisotopic (exact) mass is 211 g/mol. The first-order valence-electron chi connectivity index (χ1n) is 5.00. The van der Waals surface area contributed by atoms with Crippen LogP contribution in [0, 0.1) is 6.92 Å². The first-order chi connectivity index (χ1) is 7.75. The molecule has 0 atom stereocenters. The van der Waals surface area contributed by atoms with E-state index in [0.29, 0.717) is 16.7 Å². The second-order valence-corrected chi connectivity index (χ2v) is 3.69. The lowest BCUT2D eigenvalue weighted by atomic mass is 10.1. The molecule has 0 aliphatic carbocycles. The molecule has 78 valence electrons. The molecule has 3 rings (SSSR count). The summed E-state index contributed by atoms with van der Waals surface area (Å²) >= 11 is 0. The van der Waals surface area contributed by atoms with Crippen LogP contribution in [0.3, 0.4) is 0 Å². The standard InChI is InChI=1S/C12H9N3O/c1-7-14-11-8-4-2-3-5-10(8)13-6-9(11)12(16)15-7/h2-6H,1H3,(H,14,15,16). The lowest BCUT2D eigenvalue weighted by Gasteiger charge is -2.02. The van der Waals surface area contributed by atoms with Crippen molar-refractivity contribution in [2.75, 3.05) is 0 Å². The zero-order chi connectivity index (χ0) is 11.1. The summed E-state index contributed by atoms with van der Waals surface area (Å²) in [5.41, 5.74) is 1.43. The van der Waals surface area contributed by atoms with Gasteiger partial charge in [0.1, 0.15) is 5.82 Å². The van der Waals surface area contributed by atoms with E-state index >= 15 is 0 Å². The third-order valence-electron chi connectivity index (χ3n) is 2.57. The normalized spacial score (nSPS) is 11.1. The number of pyridine rings is 1. The predicted molar refractivity (Wildman–Crippen MR) is 62.4 cm³/mol. The zero-order valence-corrected chi connectivity index (χ0v) is 8.69. The maximum absolute atomic E-state index is 11.7. The molecule has 0 saturated heterocycles. The Morgan fingerprint density at radius 2 is 2.00 bits per heavy atom. The van der Waals surface area contributed by atoms with E-state index in [2.05, 4.69) is 15.0 Å². The van der Waals surface area contributed by atoms with Crippen LogP contribution in [-0.4, -0.2) is 15.0 Å². The number of aryl methyl sites for hydroxylation is 1. The van der Waals surface area contributed by atoms with Crippen LogP contribution in [0.25, 0.3) is 21.8 Å². The van der Waals surface area contributed by atoms with E-state index in [1.54, 1.807) is 13.1 Å². The zero-order valence-electron chi connectivity index (χ0n) is 8.69. The van der Waals surface area contributed by atoms with E-state index in [4.69, 9.17) is 0 Å². The molecule has 0 radical (unpaired) electrons. The van der Waals surface area contributed by atoms with E-state index < -0.39 is 0 Å². The molecule has 2 heterocycles. The van der Waals surface area contributed by atoms with Gasteiger partial charge < -0.3 is 4.98 Å². The fourth-order valence-electron chi connectivity index (χ4n) is 1.84. The minimum Gasteiger partial charge on any atom is -0.310 e. The van der Waals surface area contributed by atoms with Gasteiger partial charge in [-0.2, -0.15) is 0 Å². The molecule has 0 amide bonds. The average molecular weight is 211 g/mol. The van der Waals surface area contributed by atoms with Gasteiger partial charge in [0.15, 0.2) is 0 Å². The molecular weight excluding hydrogens is 202 g/mol. The molecule has 0 aliphatic rings. The van der Waals surface area contributed by atoms with Crippen molar-refractivity contribution in [3.63, 3.8) is 0 Å². The molecule has 0 aliphatic heterocycles. The van der Waals surface area contributed by atoms with Crippen LogP contribution in [0.4, 0.5) is 0 Å². The van der Waals surface area contributed by atoms with Crippen molar-refractivity contribution >= 4 is 21.8 Å². The predicted octanol–water partition coefficient (Wildman–Crippen LogP) is 1.78. The maximum Gasteiger partial charge on any atom is 0.260 e. The summed E-state index contributed by atoms with van der Waals surface area (Å²) in [6.45, 7) is 1.77. The second kappa shape index (κ2) is 3.13. The molecule has 0 spiro atoms. The van der Waals surface area contributed by atoms with Crippen LogP contribution in [0.2, 0.25) is 0 Å². The average Bonchev–Trinajstić information content (AvgIpc) is 2.28. The number of para-hydroxylation sites is 1. The van der Waals surface area contributed by atoms with Crippen molar-refractivity contribution in [2.45, 2.75) is 6.92 Å². The van der Waals surface area contributed by atoms with Crippen LogP contribution in [0.1, 0.15) is 5.82 Å². The number of nitrogens with one attached hydrogen (secondary N) is 1. The van der Waals surface area contributed by atoms with Crippen molar-refractivity contribution in [3.05, 3.63) is 46.6 Å². The van der Waals surface area contributed by atoms with Gasteiger partial charge in [-0.1, -0.05) is 18.2 Å². The van der Waals surface area contributed by atoms with Gasteiger partial charge in [0.05, 0.1) is 16.4 Å². The van der Waals surface area contributed by atoms with Crippen LogP contribution < -0.4 is 5.56 Å². The van der Waals surface area contributed by atoms with E-state index in [-0.39, 0.29) is 5.56 Å². The third-order valence-corrected chi connectivity index (χ3v) is 2.57. The highest BCUT2D eigenvalue weighted by atomic mass is 16.1. The van der Waals surface area contributed by atoms with Gasteiger partial charge in [0.2, 0.25) is 0 Å². The maximum atomic E-state index is 11.7. The number of benzene rings is 1. The Hall–Kier alpha value is -2.23. The van der Waals surface area contributed by atoms with Gasteiger partial charge in [0, 0.05) is 11.6 Å². The summed E-state index contributed by atoms with van der Waals surface area (Å²) in [4.78, 5) is 23.0. The summed E-state index contributed by atoms with van der Waals surface area (Å²) in [6.07, 6.45) is 1.57. The summed E-state index contributed by atoms with van der Waals surface area (Å²) in [5.74, 6) is 0.619. The molecule has 0 saturated carbocycles. The molecule has 16 heavy (non-hydrogen) atoms. The van der Waals surface area contributed by atoms with Gasteiger partial charge >= 0.3 is 0 Å². The highest BCUT2D eigenvalue weighted by molar-refractivity contribution is 6.02. The third kappa shape index (κ3) is 1.20. The van der Waals surface area contributed by atoms with Crippen molar-refractivity contribution < 1.29 is 0 Å². The second-order valence-electron chi connectivity index (χ2n) is 3.69. The topological polar surface area (TPSA) is 58.6 Å². The van der Waals surface area contributed by atoms with Gasteiger partial charge in [-0.25, -0.2) is 4.98 Å². The molecule has 1 aromatic carbocycles. The fraction of sp³-hybridized carbons (Fsp3) is 0.0833. The van der Waals surface area contributed by atoms with Gasteiger partial charge in [-0.3, -0.25) is 9.78 Å². The number of hydrogen-bond acceptors (Lipinski definition) is 3. The Balaban J connectivity index is 2.65. The molecule has 1 N–H and O–H groups in total. The lowest BCUT2D eigenvalue weighted by molar-refractivity contribution is 1.06. The molecular formula is C12H9N3O. The van der Waals surface area contributed by atoms with E-state index in [0.717, 1.165) is 10.9 Å². The first-order valence-corrected chi connectivity index (χ1v) is 5.00. The fourth-order valence-corrected chi connectivity index (χ4v) is 1.84. The Kier molecular flexibility index (Phi) is 1.77. The largest absolute Gasteiger partial charge is 0.310 e. The molecule has 3 aromatic rings. The number of aromatic amines is 1. The number of aromatic nitrogens is 3. The van der Waals surface area contributed by atoms with E-state index in [9.17, 15) is 4.79 Å². The van der Waals surface area contributed by atoms with Crippen LogP contribution >= 0.6 is 0 Å². The van der Waals surface area contributed by atoms with Crippen molar-refractivity contribution in [1.82, 2.24) is 15.0 Å². The molecule has 4 heteroatoms. The molecule has 4 nitrogen and oxygen atoms in total. The number of hydrogen-bond donors (Lipinski definition) is 1. The van der Waals surface area contributed by atoms with Crippen molar-refractivity contribution in [2.24, 2.45) is 0 Å². The first kappa shape index (κ1) is 9.03. The Morgan fingerprint density at radius 3 is 2.88 bits per heavy atom. The Bertz CT molecular complexity index is 746. The molecule has 0 unspecified atom stereocenters. The highest BCUT2D eigenvalue weighted by Crippen LogP contribution is 2.18.